The Morgan fingerprint density at radius 1 is 1.28 bits per heavy atom. The molecule has 1 amide bonds. The molecule has 0 N–H and O–H groups in total. The van der Waals surface area contributed by atoms with E-state index in [1.807, 2.05) is 0 Å². The predicted molar refractivity (Wildman–Crippen MR) is 83.0 cm³/mol. The molecule has 9 nitrogen and oxygen atoms in total. The van der Waals surface area contributed by atoms with Gasteiger partial charge in [0.05, 0.1) is 6.54 Å². The third-order valence-corrected chi connectivity index (χ3v) is 4.89. The quantitative estimate of drug-likeness (QED) is 0.691. The molecule has 2 aliphatic heterocycles. The Morgan fingerprint density at radius 3 is 2.66 bits per heavy atom. The highest BCUT2D eigenvalue weighted by molar-refractivity contribution is 5.81. The number of halogens is 5. The zero-order valence-corrected chi connectivity index (χ0v) is 14.8. The molecule has 0 aliphatic carbocycles. The molecule has 1 atom stereocenters. The largest absolute Gasteiger partial charge is 0.470 e. The van der Waals surface area contributed by atoms with Crippen molar-refractivity contribution in [3.8, 4) is 0 Å². The van der Waals surface area contributed by atoms with E-state index in [2.05, 4.69) is 19.7 Å². The summed E-state index contributed by atoms with van der Waals surface area (Å²) in [6.07, 6.45) is -4.11. The highest BCUT2D eigenvalue weighted by Gasteiger charge is 2.43. The van der Waals surface area contributed by atoms with Crippen LogP contribution in [-0.2, 0) is 23.9 Å². The van der Waals surface area contributed by atoms with E-state index < -0.39 is 61.0 Å². The predicted octanol–water partition coefficient (Wildman–Crippen LogP) is 1.24. The second-order valence-electron chi connectivity index (χ2n) is 7.00. The SMILES string of the molecule is O=C(C1CCCc2nn(Cc3nnc(C(F)(F)F)o3)c(=O)n21)N1CCC(F)(F)C1. The topological polar surface area (TPSA) is 99.0 Å². The van der Waals surface area contributed by atoms with Crippen LogP contribution in [-0.4, -0.2) is 54.4 Å². The summed E-state index contributed by atoms with van der Waals surface area (Å²) in [5, 5.41) is 10.2. The summed E-state index contributed by atoms with van der Waals surface area (Å²) in [5.74, 6) is -5.33. The number of carbonyl (C=O) groups is 1. The molecule has 1 fully saturated rings. The minimum Gasteiger partial charge on any atom is -0.415 e. The lowest BCUT2D eigenvalue weighted by atomic mass is 10.0. The van der Waals surface area contributed by atoms with Crippen molar-refractivity contribution in [2.24, 2.45) is 0 Å². The van der Waals surface area contributed by atoms with Crippen molar-refractivity contribution in [1.29, 1.82) is 0 Å². The van der Waals surface area contributed by atoms with Gasteiger partial charge in [-0.1, -0.05) is 0 Å². The molecule has 158 valence electrons. The number of aryl methyl sites for hydroxylation is 1. The van der Waals surface area contributed by atoms with Crippen LogP contribution in [0.15, 0.2) is 9.21 Å². The van der Waals surface area contributed by atoms with Crippen molar-refractivity contribution in [2.45, 2.75) is 50.4 Å². The van der Waals surface area contributed by atoms with Gasteiger partial charge in [0.1, 0.15) is 18.4 Å². The summed E-state index contributed by atoms with van der Waals surface area (Å²) in [6, 6.07) is -0.984. The minimum atomic E-state index is -4.82. The zero-order chi connectivity index (χ0) is 21.0. The number of likely N-dealkylation sites (tertiary alicyclic amines) is 1. The summed E-state index contributed by atoms with van der Waals surface area (Å²) < 4.78 is 71.0. The molecular weight excluding hydrogens is 407 g/mol. The average molecular weight is 422 g/mol. The lowest BCUT2D eigenvalue weighted by Crippen LogP contribution is -2.42. The maximum atomic E-state index is 13.4. The van der Waals surface area contributed by atoms with Crippen LogP contribution in [0.2, 0.25) is 0 Å². The molecule has 0 spiro atoms. The molecular formula is C15H15F5N6O3. The number of amides is 1. The van der Waals surface area contributed by atoms with Gasteiger partial charge < -0.3 is 9.32 Å². The summed E-state index contributed by atoms with van der Waals surface area (Å²) in [6.45, 7) is -1.32. The van der Waals surface area contributed by atoms with Gasteiger partial charge in [0.25, 0.3) is 5.92 Å². The van der Waals surface area contributed by atoms with Crippen molar-refractivity contribution in [3.63, 3.8) is 0 Å². The van der Waals surface area contributed by atoms with Crippen molar-refractivity contribution in [1.82, 2.24) is 29.4 Å². The van der Waals surface area contributed by atoms with Gasteiger partial charge in [-0.05, 0) is 12.8 Å². The summed E-state index contributed by atoms with van der Waals surface area (Å²) in [7, 11) is 0. The normalized spacial score (nSPS) is 21.4. The fourth-order valence-electron chi connectivity index (χ4n) is 3.56. The Kier molecular flexibility index (Phi) is 4.46. The lowest BCUT2D eigenvalue weighted by Gasteiger charge is -2.27. The number of alkyl halides is 5. The Bertz CT molecular complexity index is 993. The molecule has 14 heteroatoms. The van der Waals surface area contributed by atoms with Crippen molar-refractivity contribution in [3.05, 3.63) is 28.1 Å². The molecule has 4 rings (SSSR count). The van der Waals surface area contributed by atoms with Gasteiger partial charge in [-0.3, -0.25) is 9.36 Å². The maximum Gasteiger partial charge on any atom is 0.470 e. The van der Waals surface area contributed by atoms with E-state index in [9.17, 15) is 31.5 Å². The number of hydrogen-bond donors (Lipinski definition) is 0. The molecule has 0 bridgehead atoms. The number of aromatic nitrogens is 5. The molecule has 0 radical (unpaired) electrons. The standard InChI is InChI=1S/C15H15F5N6O3/c16-14(17)4-5-24(7-14)11(27)8-2-1-3-9-23-25(13(28)26(8)9)6-10-21-22-12(29-10)15(18,19)20/h8H,1-7H2. The van der Waals surface area contributed by atoms with E-state index in [1.54, 1.807) is 0 Å². The van der Waals surface area contributed by atoms with Crippen LogP contribution in [0, 0.1) is 0 Å². The Labute approximate surface area is 159 Å². The monoisotopic (exact) mass is 422 g/mol. The fourth-order valence-corrected chi connectivity index (χ4v) is 3.56. The zero-order valence-electron chi connectivity index (χ0n) is 14.8. The number of rotatable bonds is 3. The van der Waals surface area contributed by atoms with Crippen LogP contribution in [0.25, 0.3) is 0 Å². The van der Waals surface area contributed by atoms with E-state index in [4.69, 9.17) is 0 Å². The average Bonchev–Trinajstić information content (AvgIpc) is 3.33. The molecule has 2 aliphatic rings. The lowest BCUT2D eigenvalue weighted by molar-refractivity contribution is -0.157. The van der Waals surface area contributed by atoms with Gasteiger partial charge in [-0.25, -0.2) is 18.3 Å². The first-order valence-electron chi connectivity index (χ1n) is 8.79. The molecule has 0 aromatic carbocycles. The van der Waals surface area contributed by atoms with Gasteiger partial charge in [-0.2, -0.15) is 18.3 Å². The third-order valence-electron chi connectivity index (χ3n) is 4.89. The van der Waals surface area contributed by atoms with Gasteiger partial charge in [0.2, 0.25) is 11.8 Å². The molecule has 2 aromatic rings. The Hall–Kier alpha value is -2.80. The molecule has 29 heavy (non-hydrogen) atoms. The number of fused-ring (bicyclic) bond motifs is 1. The molecule has 0 saturated carbocycles. The number of hydrogen-bond acceptors (Lipinski definition) is 6. The molecule has 1 unspecified atom stereocenters. The van der Waals surface area contributed by atoms with E-state index >= 15 is 0 Å². The van der Waals surface area contributed by atoms with Crippen molar-refractivity contribution < 1.29 is 31.2 Å². The summed E-state index contributed by atoms with van der Waals surface area (Å²) in [4.78, 5) is 26.5. The first-order chi connectivity index (χ1) is 13.5. The van der Waals surface area contributed by atoms with Crippen LogP contribution in [0.5, 0.6) is 0 Å². The second kappa shape index (κ2) is 6.62. The highest BCUT2D eigenvalue weighted by atomic mass is 19.4. The number of nitrogens with zero attached hydrogens (tertiary/aromatic N) is 6. The van der Waals surface area contributed by atoms with Crippen LogP contribution >= 0.6 is 0 Å². The van der Waals surface area contributed by atoms with E-state index in [1.165, 1.54) is 0 Å². The van der Waals surface area contributed by atoms with E-state index in [0.717, 1.165) is 14.1 Å². The molecule has 4 heterocycles. The van der Waals surface area contributed by atoms with Gasteiger partial charge in [-0.15, -0.1) is 10.2 Å². The van der Waals surface area contributed by atoms with E-state index in [-0.39, 0.29) is 18.8 Å². The second-order valence-corrected chi connectivity index (χ2v) is 7.00. The first-order valence-corrected chi connectivity index (χ1v) is 8.79. The minimum absolute atomic E-state index is 0.108. The summed E-state index contributed by atoms with van der Waals surface area (Å²) >= 11 is 0. The Balaban J connectivity index is 1.59. The van der Waals surface area contributed by atoms with Crippen molar-refractivity contribution >= 4 is 5.91 Å². The fraction of sp³-hybridized carbons (Fsp3) is 0.667. The van der Waals surface area contributed by atoms with Crippen LogP contribution in [0.1, 0.15) is 42.9 Å². The maximum absolute atomic E-state index is 13.4. The van der Waals surface area contributed by atoms with Crippen LogP contribution in [0.4, 0.5) is 22.0 Å². The van der Waals surface area contributed by atoms with E-state index in [0.29, 0.717) is 12.8 Å². The van der Waals surface area contributed by atoms with Crippen molar-refractivity contribution in [2.75, 3.05) is 13.1 Å². The van der Waals surface area contributed by atoms with Gasteiger partial charge in [0.15, 0.2) is 0 Å². The first kappa shape index (κ1) is 19.5. The Morgan fingerprint density at radius 2 is 2.03 bits per heavy atom. The third kappa shape index (κ3) is 3.62. The highest BCUT2D eigenvalue weighted by Crippen LogP contribution is 2.31. The van der Waals surface area contributed by atoms with Crippen LogP contribution < -0.4 is 5.69 Å². The smallest absolute Gasteiger partial charge is 0.415 e. The molecule has 2 aromatic heterocycles. The van der Waals surface area contributed by atoms with Gasteiger partial charge >= 0.3 is 17.8 Å². The number of carbonyl (C=O) groups excluding carboxylic acids is 1. The summed E-state index contributed by atoms with van der Waals surface area (Å²) in [5.41, 5.74) is -0.754. The van der Waals surface area contributed by atoms with Crippen LogP contribution in [0.3, 0.4) is 0 Å². The molecule has 1 saturated heterocycles. The van der Waals surface area contributed by atoms with Gasteiger partial charge in [0, 0.05) is 19.4 Å².